The standard InChI is InChI=1S/C16H17ClFN5O/c17-12-3-5-13(6-4-12)20-16(21-24)23-10-8-22(9-11-23)15-14(18)2-1-7-19-15/h1-7,24H,8-11H2,(H,20,21). The lowest BCUT2D eigenvalue weighted by molar-refractivity contribution is 0.207. The molecule has 1 aromatic carbocycles. The maximum Gasteiger partial charge on any atom is 0.223 e. The van der Waals surface area contributed by atoms with Gasteiger partial charge in [0.25, 0.3) is 0 Å². The lowest BCUT2D eigenvalue weighted by atomic mass is 10.3. The summed E-state index contributed by atoms with van der Waals surface area (Å²) in [4.78, 5) is 12.2. The molecule has 1 fully saturated rings. The minimum absolute atomic E-state index is 0.332. The molecule has 2 N–H and O–H groups in total. The molecule has 1 saturated heterocycles. The highest BCUT2D eigenvalue weighted by molar-refractivity contribution is 6.30. The van der Waals surface area contributed by atoms with E-state index < -0.39 is 0 Å². The third kappa shape index (κ3) is 3.74. The second kappa shape index (κ2) is 7.46. The number of anilines is 1. The van der Waals surface area contributed by atoms with Crippen molar-refractivity contribution in [2.45, 2.75) is 0 Å². The molecule has 0 atom stereocenters. The van der Waals surface area contributed by atoms with E-state index in [0.29, 0.717) is 48.7 Å². The van der Waals surface area contributed by atoms with Gasteiger partial charge in [0.2, 0.25) is 5.96 Å². The second-order valence-corrected chi connectivity index (χ2v) is 5.74. The number of aromatic nitrogens is 1. The van der Waals surface area contributed by atoms with E-state index in [0.717, 1.165) is 0 Å². The van der Waals surface area contributed by atoms with Gasteiger partial charge in [0.15, 0.2) is 11.6 Å². The quantitative estimate of drug-likeness (QED) is 0.496. The van der Waals surface area contributed by atoms with Crippen LogP contribution in [0.5, 0.6) is 0 Å². The Labute approximate surface area is 144 Å². The zero-order valence-electron chi connectivity index (χ0n) is 12.9. The van der Waals surface area contributed by atoms with Crippen molar-refractivity contribution >= 4 is 29.1 Å². The molecule has 0 bridgehead atoms. The number of halogens is 2. The summed E-state index contributed by atoms with van der Waals surface area (Å²) in [5.74, 6) is 0.366. The molecule has 1 aromatic heterocycles. The normalized spacial score (nSPS) is 15.5. The van der Waals surface area contributed by atoms with Crippen LogP contribution in [0.15, 0.2) is 47.6 Å². The number of nitrogens with one attached hydrogen (secondary N) is 1. The first-order valence-electron chi connectivity index (χ1n) is 7.52. The van der Waals surface area contributed by atoms with E-state index in [1.54, 1.807) is 36.5 Å². The van der Waals surface area contributed by atoms with Crippen molar-refractivity contribution in [2.75, 3.05) is 31.1 Å². The van der Waals surface area contributed by atoms with Crippen molar-refractivity contribution in [2.24, 2.45) is 4.99 Å². The Morgan fingerprint density at radius 2 is 1.88 bits per heavy atom. The fraction of sp³-hybridized carbons (Fsp3) is 0.250. The molecular formula is C16H17ClFN5O. The zero-order chi connectivity index (χ0) is 16.9. The molecule has 0 saturated carbocycles. The molecule has 1 aliphatic heterocycles. The molecule has 0 radical (unpaired) electrons. The fourth-order valence-electron chi connectivity index (χ4n) is 2.54. The van der Waals surface area contributed by atoms with E-state index in [2.05, 4.69) is 15.5 Å². The number of hydrogen-bond donors (Lipinski definition) is 2. The van der Waals surface area contributed by atoms with E-state index in [1.165, 1.54) is 6.07 Å². The van der Waals surface area contributed by atoms with E-state index in [9.17, 15) is 9.60 Å². The van der Waals surface area contributed by atoms with Crippen molar-refractivity contribution in [3.63, 3.8) is 0 Å². The van der Waals surface area contributed by atoms with E-state index in [4.69, 9.17) is 11.6 Å². The lowest BCUT2D eigenvalue weighted by Crippen LogP contribution is -2.52. The van der Waals surface area contributed by atoms with E-state index >= 15 is 0 Å². The van der Waals surface area contributed by atoms with Crippen LogP contribution in [-0.2, 0) is 0 Å². The lowest BCUT2D eigenvalue weighted by Gasteiger charge is -2.36. The number of guanidine groups is 1. The van der Waals surface area contributed by atoms with Crippen LogP contribution >= 0.6 is 11.6 Å². The third-order valence-corrected chi connectivity index (χ3v) is 4.03. The van der Waals surface area contributed by atoms with Crippen LogP contribution in [0.4, 0.5) is 15.9 Å². The molecule has 2 heterocycles. The molecule has 2 aromatic rings. The highest BCUT2D eigenvalue weighted by Gasteiger charge is 2.22. The second-order valence-electron chi connectivity index (χ2n) is 5.31. The van der Waals surface area contributed by atoms with Gasteiger partial charge in [-0.05, 0) is 36.4 Å². The molecule has 0 aliphatic carbocycles. The van der Waals surface area contributed by atoms with Gasteiger partial charge in [-0.2, -0.15) is 0 Å². The van der Waals surface area contributed by atoms with Crippen LogP contribution in [0.2, 0.25) is 5.02 Å². The molecule has 0 spiro atoms. The van der Waals surface area contributed by atoms with Crippen molar-refractivity contribution in [1.29, 1.82) is 0 Å². The Morgan fingerprint density at radius 3 is 2.50 bits per heavy atom. The predicted octanol–water partition coefficient (Wildman–Crippen LogP) is 2.66. The number of pyridine rings is 1. The molecule has 8 heteroatoms. The van der Waals surface area contributed by atoms with Crippen molar-refractivity contribution in [1.82, 2.24) is 15.4 Å². The SMILES string of the molecule is ONC(=Nc1ccc(Cl)cc1)N1CCN(c2ncccc2F)CC1. The topological polar surface area (TPSA) is 64.0 Å². The highest BCUT2D eigenvalue weighted by Crippen LogP contribution is 2.19. The average molecular weight is 350 g/mol. The molecule has 1 aliphatic rings. The van der Waals surface area contributed by atoms with Crippen LogP contribution in [0.25, 0.3) is 0 Å². The smallest absolute Gasteiger partial charge is 0.223 e. The third-order valence-electron chi connectivity index (χ3n) is 3.78. The first-order valence-corrected chi connectivity index (χ1v) is 7.90. The Hall–Kier alpha value is -2.38. The maximum atomic E-state index is 13.8. The number of aliphatic imine (C=N–C) groups is 1. The van der Waals surface area contributed by atoms with Crippen LogP contribution in [0.1, 0.15) is 0 Å². The monoisotopic (exact) mass is 349 g/mol. The Balaban J connectivity index is 1.68. The van der Waals surface area contributed by atoms with Gasteiger partial charge in [-0.3, -0.25) is 5.21 Å². The number of hydroxylamine groups is 1. The maximum absolute atomic E-state index is 13.8. The van der Waals surface area contributed by atoms with E-state index in [1.807, 2.05) is 9.80 Å². The number of nitrogens with zero attached hydrogens (tertiary/aromatic N) is 4. The molecule has 0 unspecified atom stereocenters. The average Bonchev–Trinajstić information content (AvgIpc) is 2.62. The van der Waals surface area contributed by atoms with Gasteiger partial charge in [-0.1, -0.05) is 11.6 Å². The number of hydrogen-bond acceptors (Lipinski definition) is 4. The summed E-state index contributed by atoms with van der Waals surface area (Å²) in [5.41, 5.74) is 2.81. The van der Waals surface area contributed by atoms with Gasteiger partial charge in [-0.15, -0.1) is 0 Å². The minimum atomic E-state index is -0.332. The van der Waals surface area contributed by atoms with Crippen LogP contribution in [0, 0.1) is 5.82 Å². The van der Waals surface area contributed by atoms with Gasteiger partial charge in [-0.25, -0.2) is 19.8 Å². The molecule has 6 nitrogen and oxygen atoms in total. The van der Waals surface area contributed by atoms with Crippen LogP contribution in [-0.4, -0.2) is 47.2 Å². The first-order chi connectivity index (χ1) is 11.7. The van der Waals surface area contributed by atoms with Gasteiger partial charge in [0, 0.05) is 37.4 Å². The predicted molar refractivity (Wildman–Crippen MR) is 91.5 cm³/mol. The Morgan fingerprint density at radius 1 is 1.17 bits per heavy atom. The fourth-order valence-corrected chi connectivity index (χ4v) is 2.67. The molecule has 0 amide bonds. The summed E-state index contributed by atoms with van der Waals surface area (Å²) in [6.07, 6.45) is 1.58. The number of piperazine rings is 1. The van der Waals surface area contributed by atoms with Gasteiger partial charge in [0.1, 0.15) is 0 Å². The Kier molecular flexibility index (Phi) is 5.12. The molecule has 126 valence electrons. The highest BCUT2D eigenvalue weighted by atomic mass is 35.5. The van der Waals surface area contributed by atoms with Crippen molar-refractivity contribution in [3.05, 3.63) is 53.4 Å². The van der Waals surface area contributed by atoms with Crippen molar-refractivity contribution < 1.29 is 9.60 Å². The molecular weight excluding hydrogens is 333 g/mol. The first kappa shape index (κ1) is 16.5. The summed E-state index contributed by atoms with van der Waals surface area (Å²) in [6, 6.07) is 9.96. The zero-order valence-corrected chi connectivity index (χ0v) is 13.6. The van der Waals surface area contributed by atoms with Gasteiger partial charge < -0.3 is 9.80 Å². The van der Waals surface area contributed by atoms with Crippen molar-refractivity contribution in [3.8, 4) is 0 Å². The number of rotatable bonds is 2. The minimum Gasteiger partial charge on any atom is -0.351 e. The van der Waals surface area contributed by atoms with Crippen LogP contribution < -0.4 is 10.4 Å². The Bertz CT molecular complexity index is 717. The molecule has 24 heavy (non-hydrogen) atoms. The summed E-state index contributed by atoms with van der Waals surface area (Å²) in [6.45, 7) is 2.32. The summed E-state index contributed by atoms with van der Waals surface area (Å²) in [5, 5.41) is 10.0. The number of benzene rings is 1. The van der Waals surface area contributed by atoms with Crippen LogP contribution in [0.3, 0.4) is 0 Å². The largest absolute Gasteiger partial charge is 0.351 e. The summed E-state index contributed by atoms with van der Waals surface area (Å²) >= 11 is 5.85. The summed E-state index contributed by atoms with van der Waals surface area (Å²) < 4.78 is 13.8. The van der Waals surface area contributed by atoms with Gasteiger partial charge >= 0.3 is 0 Å². The van der Waals surface area contributed by atoms with Gasteiger partial charge in [0.05, 0.1) is 5.69 Å². The van der Waals surface area contributed by atoms with E-state index in [-0.39, 0.29) is 5.82 Å². The summed E-state index contributed by atoms with van der Waals surface area (Å²) in [7, 11) is 0. The molecule has 3 rings (SSSR count).